The Hall–Kier alpha value is -1.93. The zero-order chi connectivity index (χ0) is 20.1. The zero-order valence-electron chi connectivity index (χ0n) is 16.9. The molecule has 0 bridgehead atoms. The van der Waals surface area contributed by atoms with Crippen LogP contribution in [0, 0.1) is 0 Å². The van der Waals surface area contributed by atoms with E-state index in [1.807, 2.05) is 13.8 Å². The van der Waals surface area contributed by atoms with E-state index in [0.717, 1.165) is 51.6 Å². The summed E-state index contributed by atoms with van der Waals surface area (Å²) in [5.74, 6) is 0.375. The number of ether oxygens (including phenoxy) is 1. The lowest BCUT2D eigenvalue weighted by molar-refractivity contribution is 0.0182. The van der Waals surface area contributed by atoms with Crippen molar-refractivity contribution in [2.24, 2.45) is 5.73 Å². The van der Waals surface area contributed by atoms with Crippen molar-refractivity contribution in [3.05, 3.63) is 11.8 Å². The Morgan fingerprint density at radius 2 is 2.04 bits per heavy atom. The molecule has 2 aliphatic carbocycles. The van der Waals surface area contributed by atoms with Gasteiger partial charge in [0, 0.05) is 24.9 Å². The molecule has 2 saturated carbocycles. The number of primary amides is 1. The number of anilines is 2. The summed E-state index contributed by atoms with van der Waals surface area (Å²) in [7, 11) is 0. The van der Waals surface area contributed by atoms with E-state index >= 15 is 0 Å². The van der Waals surface area contributed by atoms with E-state index in [1.54, 1.807) is 0 Å². The topological polar surface area (TPSA) is 122 Å². The molecule has 2 aliphatic rings. The van der Waals surface area contributed by atoms with Gasteiger partial charge in [-0.05, 0) is 65.2 Å². The smallest absolute Gasteiger partial charge is 0.254 e. The Morgan fingerprint density at radius 3 is 2.68 bits per heavy atom. The summed E-state index contributed by atoms with van der Waals surface area (Å²) in [4.78, 5) is 20.6. The Morgan fingerprint density at radius 1 is 1.29 bits per heavy atom. The number of carbonyl (C=O) groups excluding carboxylic acids is 1. The lowest BCUT2D eigenvalue weighted by atomic mass is 9.83. The third-order valence-electron chi connectivity index (χ3n) is 5.76. The van der Waals surface area contributed by atoms with Gasteiger partial charge >= 0.3 is 0 Å². The van der Waals surface area contributed by atoms with Gasteiger partial charge in [-0.15, -0.1) is 0 Å². The summed E-state index contributed by atoms with van der Waals surface area (Å²) < 4.78 is 5.70. The minimum absolute atomic E-state index is 0.0474. The molecule has 156 valence electrons. The highest BCUT2D eigenvalue weighted by atomic mass is 16.5. The quantitative estimate of drug-likeness (QED) is 0.563. The van der Waals surface area contributed by atoms with E-state index in [0.29, 0.717) is 30.3 Å². The van der Waals surface area contributed by atoms with Crippen LogP contribution in [0.15, 0.2) is 6.20 Å². The average molecular weight is 392 g/mol. The fourth-order valence-corrected chi connectivity index (χ4v) is 4.31. The van der Waals surface area contributed by atoms with E-state index in [4.69, 9.17) is 10.5 Å². The lowest BCUT2D eigenvalue weighted by Gasteiger charge is -2.34. The van der Waals surface area contributed by atoms with Crippen LogP contribution in [-0.4, -0.2) is 51.4 Å². The first-order chi connectivity index (χ1) is 13.4. The molecule has 8 nitrogen and oxygen atoms in total. The van der Waals surface area contributed by atoms with Gasteiger partial charge in [-0.1, -0.05) is 0 Å². The van der Waals surface area contributed by atoms with Crippen LogP contribution in [0.2, 0.25) is 0 Å². The summed E-state index contributed by atoms with van der Waals surface area (Å²) in [5, 5.41) is 17.0. The molecule has 3 rings (SSSR count). The molecule has 1 aromatic rings. The summed E-state index contributed by atoms with van der Waals surface area (Å²) in [6.45, 7) is 4.63. The number of aromatic nitrogens is 2. The number of hydrogen-bond donors (Lipinski definition) is 4. The molecule has 0 aromatic carbocycles. The second kappa shape index (κ2) is 9.05. The molecule has 0 unspecified atom stereocenters. The predicted molar refractivity (Wildman–Crippen MR) is 108 cm³/mol. The highest BCUT2D eigenvalue weighted by molar-refractivity contribution is 5.97. The Balaban J connectivity index is 1.67. The molecule has 28 heavy (non-hydrogen) atoms. The summed E-state index contributed by atoms with van der Waals surface area (Å²) in [6, 6.07) is 0.339. The second-order valence-corrected chi connectivity index (χ2v) is 8.33. The highest BCUT2D eigenvalue weighted by Gasteiger charge is 2.31. The molecular formula is C20H33N5O3. The lowest BCUT2D eigenvalue weighted by Crippen LogP contribution is -2.38. The monoisotopic (exact) mass is 391 g/mol. The van der Waals surface area contributed by atoms with Crippen LogP contribution in [-0.2, 0) is 4.74 Å². The van der Waals surface area contributed by atoms with Gasteiger partial charge in [0.15, 0.2) is 0 Å². The van der Waals surface area contributed by atoms with Crippen molar-refractivity contribution in [3.63, 3.8) is 0 Å². The number of carbonyl (C=O) groups is 1. The first-order valence-electron chi connectivity index (χ1n) is 10.4. The van der Waals surface area contributed by atoms with Crippen LogP contribution in [0.5, 0.6) is 0 Å². The number of hydrogen-bond acceptors (Lipinski definition) is 7. The van der Waals surface area contributed by atoms with Gasteiger partial charge in [0.05, 0.1) is 17.3 Å². The van der Waals surface area contributed by atoms with E-state index in [2.05, 4.69) is 20.6 Å². The number of nitrogens with one attached hydrogen (secondary N) is 2. The van der Waals surface area contributed by atoms with Crippen LogP contribution in [0.3, 0.4) is 0 Å². The molecule has 0 aliphatic heterocycles. The largest absolute Gasteiger partial charge is 0.390 e. The fourth-order valence-electron chi connectivity index (χ4n) is 4.31. The molecule has 0 radical (unpaired) electrons. The third-order valence-corrected chi connectivity index (χ3v) is 5.76. The van der Waals surface area contributed by atoms with Crippen molar-refractivity contribution in [2.75, 3.05) is 17.2 Å². The maximum Gasteiger partial charge on any atom is 0.254 e. The minimum atomic E-state index is -0.698. The van der Waals surface area contributed by atoms with E-state index in [-0.39, 0.29) is 11.6 Å². The zero-order valence-corrected chi connectivity index (χ0v) is 16.9. The number of nitrogens with zero attached hydrogens (tertiary/aromatic N) is 2. The Bertz CT molecular complexity index is 674. The van der Waals surface area contributed by atoms with Gasteiger partial charge in [0.2, 0.25) is 5.95 Å². The number of aliphatic hydroxyl groups is 1. The van der Waals surface area contributed by atoms with Gasteiger partial charge in [0.1, 0.15) is 5.82 Å². The maximum absolute atomic E-state index is 11.8. The van der Waals surface area contributed by atoms with Crippen molar-refractivity contribution >= 4 is 17.7 Å². The van der Waals surface area contributed by atoms with Crippen LogP contribution in [0.1, 0.15) is 75.6 Å². The van der Waals surface area contributed by atoms with Crippen molar-refractivity contribution < 1.29 is 14.6 Å². The Kier molecular flexibility index (Phi) is 6.72. The molecule has 1 aromatic heterocycles. The third kappa shape index (κ3) is 5.54. The van der Waals surface area contributed by atoms with Gasteiger partial charge in [-0.3, -0.25) is 4.79 Å². The minimum Gasteiger partial charge on any atom is -0.390 e. The molecular weight excluding hydrogens is 358 g/mol. The van der Waals surface area contributed by atoms with Crippen LogP contribution in [0.4, 0.5) is 11.8 Å². The number of rotatable bonds is 7. The van der Waals surface area contributed by atoms with E-state index < -0.39 is 11.5 Å². The standard InChI is InChI=1S/C20H33N5O3/c1-3-28-15-8-6-13(7-9-15)24-19-22-12-16(17(21)26)18(25-19)23-14-5-4-10-20(2,27)11-14/h12-15,27H,3-11H2,1-2H3,(H2,21,26)(H2,22,23,24,25)/t13?,14-,15?,20-/m1/s1. The van der Waals surface area contributed by atoms with Gasteiger partial charge in [0.25, 0.3) is 5.91 Å². The fraction of sp³-hybridized carbons (Fsp3) is 0.750. The first kappa shape index (κ1) is 20.8. The van der Waals surface area contributed by atoms with Crippen LogP contribution in [0.25, 0.3) is 0 Å². The maximum atomic E-state index is 11.8. The molecule has 0 saturated heterocycles. The summed E-state index contributed by atoms with van der Waals surface area (Å²) >= 11 is 0. The highest BCUT2D eigenvalue weighted by Crippen LogP contribution is 2.30. The van der Waals surface area contributed by atoms with Crippen molar-refractivity contribution in [2.45, 2.75) is 89.0 Å². The van der Waals surface area contributed by atoms with Crippen molar-refractivity contribution in [1.29, 1.82) is 0 Å². The van der Waals surface area contributed by atoms with E-state index in [1.165, 1.54) is 6.20 Å². The average Bonchev–Trinajstić information content (AvgIpc) is 2.63. The Labute approximate surface area is 166 Å². The number of amides is 1. The van der Waals surface area contributed by atoms with Gasteiger partial charge in [-0.25, -0.2) is 4.98 Å². The van der Waals surface area contributed by atoms with Crippen molar-refractivity contribution in [1.82, 2.24) is 9.97 Å². The first-order valence-corrected chi connectivity index (χ1v) is 10.4. The molecule has 1 heterocycles. The normalized spacial score (nSPS) is 30.6. The van der Waals surface area contributed by atoms with Crippen LogP contribution < -0.4 is 16.4 Å². The molecule has 5 N–H and O–H groups in total. The van der Waals surface area contributed by atoms with Gasteiger partial charge < -0.3 is 26.2 Å². The number of nitrogens with two attached hydrogens (primary N) is 1. The molecule has 1 amide bonds. The molecule has 0 spiro atoms. The second-order valence-electron chi connectivity index (χ2n) is 8.33. The molecule has 2 atom stereocenters. The summed E-state index contributed by atoms with van der Waals surface area (Å²) in [5.41, 5.74) is 5.08. The SMILES string of the molecule is CCOC1CCC(Nc2ncc(C(N)=O)c(N[C@@H]3CCC[C@@](C)(O)C3)n2)CC1. The van der Waals surface area contributed by atoms with Crippen LogP contribution >= 0.6 is 0 Å². The molecule has 8 heteroatoms. The van der Waals surface area contributed by atoms with Gasteiger partial charge in [-0.2, -0.15) is 4.98 Å². The van der Waals surface area contributed by atoms with Crippen molar-refractivity contribution in [3.8, 4) is 0 Å². The summed E-state index contributed by atoms with van der Waals surface area (Å²) in [6.07, 6.45) is 9.11. The molecule has 2 fully saturated rings. The predicted octanol–water partition coefficient (Wildman–Crippen LogP) is 2.44. The van der Waals surface area contributed by atoms with E-state index in [9.17, 15) is 9.90 Å².